The molecule has 1 amide bonds. The van der Waals surface area contributed by atoms with Crippen LogP contribution in [0.1, 0.15) is 36.5 Å². The van der Waals surface area contributed by atoms with Gasteiger partial charge in [0.1, 0.15) is 0 Å². The molecule has 1 fully saturated rings. The van der Waals surface area contributed by atoms with Crippen molar-refractivity contribution in [3.63, 3.8) is 0 Å². The Morgan fingerprint density at radius 1 is 1.50 bits per heavy atom. The quantitative estimate of drug-likeness (QED) is 0.826. The van der Waals surface area contributed by atoms with E-state index in [0.29, 0.717) is 22.2 Å². The van der Waals surface area contributed by atoms with Crippen molar-refractivity contribution in [3.05, 3.63) is 28.8 Å². The van der Waals surface area contributed by atoms with Crippen molar-refractivity contribution in [2.45, 2.75) is 26.2 Å². The van der Waals surface area contributed by atoms with Gasteiger partial charge in [0.15, 0.2) is 0 Å². The molecule has 3 nitrogen and oxygen atoms in total. The van der Waals surface area contributed by atoms with E-state index in [1.165, 1.54) is 19.3 Å². The van der Waals surface area contributed by atoms with Crippen molar-refractivity contribution >= 4 is 23.2 Å². The van der Waals surface area contributed by atoms with Crippen molar-refractivity contribution in [3.8, 4) is 0 Å². The first kappa shape index (κ1) is 13.2. The molecule has 1 aliphatic carbocycles. The van der Waals surface area contributed by atoms with Crippen LogP contribution in [0.5, 0.6) is 0 Å². The third kappa shape index (κ3) is 3.16. The van der Waals surface area contributed by atoms with Gasteiger partial charge < -0.3 is 11.1 Å². The predicted molar refractivity (Wildman–Crippen MR) is 74.7 cm³/mol. The lowest BCUT2D eigenvalue weighted by atomic mass is 10.1. The molecule has 2 atom stereocenters. The second-order valence-electron chi connectivity index (χ2n) is 5.23. The standard InChI is InChI=1S/C14H19ClN2O/c1-9-2-3-10(6-9)8-17-14(18)12-7-11(16)4-5-13(12)15/h4-5,7,9-10H,2-3,6,8,16H2,1H3,(H,17,18). The number of anilines is 1. The van der Waals surface area contributed by atoms with Gasteiger partial charge in [0.25, 0.3) is 5.91 Å². The summed E-state index contributed by atoms with van der Waals surface area (Å²) in [4.78, 5) is 12.0. The van der Waals surface area contributed by atoms with Crippen LogP contribution in [0.25, 0.3) is 0 Å². The lowest BCUT2D eigenvalue weighted by Crippen LogP contribution is -2.28. The van der Waals surface area contributed by atoms with Gasteiger partial charge in [0.05, 0.1) is 10.6 Å². The number of rotatable bonds is 3. The summed E-state index contributed by atoms with van der Waals surface area (Å²) < 4.78 is 0. The molecule has 0 bridgehead atoms. The Hall–Kier alpha value is -1.22. The molecule has 1 aromatic carbocycles. The number of nitrogens with one attached hydrogen (secondary N) is 1. The van der Waals surface area contributed by atoms with E-state index >= 15 is 0 Å². The van der Waals surface area contributed by atoms with Crippen LogP contribution in [0.2, 0.25) is 5.02 Å². The normalized spacial score (nSPS) is 23.0. The molecule has 0 radical (unpaired) electrons. The molecular formula is C14H19ClN2O. The highest BCUT2D eigenvalue weighted by Gasteiger charge is 2.22. The van der Waals surface area contributed by atoms with Crippen molar-refractivity contribution in [2.24, 2.45) is 11.8 Å². The van der Waals surface area contributed by atoms with Crippen LogP contribution in [-0.4, -0.2) is 12.5 Å². The molecule has 0 heterocycles. The second-order valence-corrected chi connectivity index (χ2v) is 5.64. The zero-order valence-electron chi connectivity index (χ0n) is 10.6. The van der Waals surface area contributed by atoms with Crippen LogP contribution < -0.4 is 11.1 Å². The minimum absolute atomic E-state index is 0.133. The molecule has 3 N–H and O–H groups in total. The predicted octanol–water partition coefficient (Wildman–Crippen LogP) is 3.09. The molecule has 4 heteroatoms. The van der Waals surface area contributed by atoms with Crippen molar-refractivity contribution < 1.29 is 4.79 Å². The van der Waals surface area contributed by atoms with Crippen LogP contribution in [0.4, 0.5) is 5.69 Å². The number of hydrogen-bond acceptors (Lipinski definition) is 2. The van der Waals surface area contributed by atoms with Gasteiger partial charge in [0.2, 0.25) is 0 Å². The van der Waals surface area contributed by atoms with E-state index in [-0.39, 0.29) is 5.91 Å². The summed E-state index contributed by atoms with van der Waals surface area (Å²) in [5.41, 5.74) is 6.68. The van der Waals surface area contributed by atoms with Crippen LogP contribution in [0.15, 0.2) is 18.2 Å². The molecule has 18 heavy (non-hydrogen) atoms. The van der Waals surface area contributed by atoms with Gasteiger partial charge in [-0.25, -0.2) is 0 Å². The Morgan fingerprint density at radius 2 is 2.28 bits per heavy atom. The Bertz CT molecular complexity index is 447. The van der Waals surface area contributed by atoms with E-state index in [0.717, 1.165) is 12.5 Å². The van der Waals surface area contributed by atoms with Crippen LogP contribution in [0.3, 0.4) is 0 Å². The summed E-state index contributed by atoms with van der Waals surface area (Å²) in [6.45, 7) is 2.99. The van der Waals surface area contributed by atoms with Crippen LogP contribution in [-0.2, 0) is 0 Å². The molecule has 0 saturated heterocycles. The Morgan fingerprint density at radius 3 is 2.94 bits per heavy atom. The summed E-state index contributed by atoms with van der Waals surface area (Å²) in [6, 6.07) is 4.97. The van der Waals surface area contributed by atoms with E-state index in [1.54, 1.807) is 18.2 Å². The number of hydrogen-bond donors (Lipinski definition) is 2. The van der Waals surface area contributed by atoms with E-state index in [1.807, 2.05) is 0 Å². The van der Waals surface area contributed by atoms with Gasteiger partial charge in [-0.2, -0.15) is 0 Å². The first-order valence-electron chi connectivity index (χ1n) is 6.39. The maximum Gasteiger partial charge on any atom is 0.252 e. The minimum Gasteiger partial charge on any atom is -0.399 e. The second kappa shape index (κ2) is 5.61. The molecule has 1 aromatic rings. The Balaban J connectivity index is 1.93. The van der Waals surface area contributed by atoms with Gasteiger partial charge in [-0.3, -0.25) is 4.79 Å². The fourth-order valence-electron chi connectivity index (χ4n) is 2.56. The van der Waals surface area contributed by atoms with Gasteiger partial charge in [-0.05, 0) is 42.9 Å². The Kier molecular flexibility index (Phi) is 4.12. The molecule has 98 valence electrons. The van der Waals surface area contributed by atoms with E-state index < -0.39 is 0 Å². The molecule has 0 aromatic heterocycles. The molecule has 1 aliphatic rings. The number of nitrogen functional groups attached to an aromatic ring is 1. The molecular weight excluding hydrogens is 248 g/mol. The average molecular weight is 267 g/mol. The van der Waals surface area contributed by atoms with Crippen LogP contribution >= 0.6 is 11.6 Å². The smallest absolute Gasteiger partial charge is 0.252 e. The van der Waals surface area contributed by atoms with Crippen molar-refractivity contribution in [1.29, 1.82) is 0 Å². The third-order valence-corrected chi connectivity index (χ3v) is 3.92. The zero-order chi connectivity index (χ0) is 13.1. The summed E-state index contributed by atoms with van der Waals surface area (Å²) in [7, 11) is 0. The zero-order valence-corrected chi connectivity index (χ0v) is 11.3. The average Bonchev–Trinajstić information content (AvgIpc) is 2.75. The highest BCUT2D eigenvalue weighted by molar-refractivity contribution is 6.34. The number of carbonyl (C=O) groups is 1. The number of benzene rings is 1. The number of amides is 1. The van der Waals surface area contributed by atoms with Gasteiger partial charge in [-0.15, -0.1) is 0 Å². The molecule has 2 unspecified atom stereocenters. The summed E-state index contributed by atoms with van der Waals surface area (Å²) in [5, 5.41) is 3.40. The van der Waals surface area contributed by atoms with Crippen molar-refractivity contribution in [1.82, 2.24) is 5.32 Å². The lowest BCUT2D eigenvalue weighted by Gasteiger charge is -2.12. The SMILES string of the molecule is CC1CCC(CNC(=O)c2cc(N)ccc2Cl)C1. The lowest BCUT2D eigenvalue weighted by molar-refractivity contribution is 0.0947. The highest BCUT2D eigenvalue weighted by atomic mass is 35.5. The first-order chi connectivity index (χ1) is 8.56. The highest BCUT2D eigenvalue weighted by Crippen LogP contribution is 2.29. The molecule has 0 spiro atoms. The van der Waals surface area contributed by atoms with E-state index in [4.69, 9.17) is 17.3 Å². The number of nitrogens with two attached hydrogens (primary N) is 1. The number of carbonyl (C=O) groups excluding carboxylic acids is 1. The summed E-state index contributed by atoms with van der Waals surface area (Å²) in [5.74, 6) is 1.25. The minimum atomic E-state index is -0.133. The van der Waals surface area contributed by atoms with Gasteiger partial charge >= 0.3 is 0 Å². The largest absolute Gasteiger partial charge is 0.399 e. The summed E-state index contributed by atoms with van der Waals surface area (Å²) >= 11 is 5.99. The third-order valence-electron chi connectivity index (χ3n) is 3.59. The fraction of sp³-hybridized carbons (Fsp3) is 0.500. The number of halogens is 1. The molecule has 0 aliphatic heterocycles. The van der Waals surface area contributed by atoms with Gasteiger partial charge in [0, 0.05) is 12.2 Å². The van der Waals surface area contributed by atoms with E-state index in [2.05, 4.69) is 12.2 Å². The summed E-state index contributed by atoms with van der Waals surface area (Å²) in [6.07, 6.45) is 3.66. The van der Waals surface area contributed by atoms with Crippen LogP contribution in [0, 0.1) is 11.8 Å². The maximum atomic E-state index is 12.0. The maximum absolute atomic E-state index is 12.0. The van der Waals surface area contributed by atoms with Gasteiger partial charge in [-0.1, -0.05) is 24.9 Å². The monoisotopic (exact) mass is 266 g/mol. The van der Waals surface area contributed by atoms with E-state index in [9.17, 15) is 4.79 Å². The first-order valence-corrected chi connectivity index (χ1v) is 6.77. The topological polar surface area (TPSA) is 55.1 Å². The molecule has 1 saturated carbocycles. The van der Waals surface area contributed by atoms with Crippen molar-refractivity contribution in [2.75, 3.05) is 12.3 Å². The fourth-order valence-corrected chi connectivity index (χ4v) is 2.76. The molecule has 2 rings (SSSR count). The Labute approximate surface area is 113 Å².